The average molecular weight is 224 g/mol. The van der Waals surface area contributed by atoms with Gasteiger partial charge >= 0.3 is 0 Å². The molecule has 3 unspecified atom stereocenters. The number of carbonyl (C=O) groups excluding carboxylic acids is 1. The fraction of sp³-hybridized carbons (Fsp3) is 0.923. The number of hydrogen-bond acceptors (Lipinski definition) is 2. The van der Waals surface area contributed by atoms with Crippen LogP contribution in [0.5, 0.6) is 0 Å². The summed E-state index contributed by atoms with van der Waals surface area (Å²) in [7, 11) is 0. The van der Waals surface area contributed by atoms with Crippen molar-refractivity contribution in [3.8, 4) is 0 Å². The number of amides is 1. The van der Waals surface area contributed by atoms with E-state index in [9.17, 15) is 4.79 Å². The zero-order valence-corrected chi connectivity index (χ0v) is 10.7. The summed E-state index contributed by atoms with van der Waals surface area (Å²) in [5.41, 5.74) is 0. The minimum absolute atomic E-state index is 0.0907. The molecule has 2 rings (SSSR count). The van der Waals surface area contributed by atoms with Crippen LogP contribution < -0.4 is 5.32 Å². The number of nitrogens with zero attached hydrogens (tertiary/aromatic N) is 1. The summed E-state index contributed by atoms with van der Waals surface area (Å²) in [6.45, 7) is 7.41. The molecule has 1 amide bonds. The van der Waals surface area contributed by atoms with E-state index in [0.29, 0.717) is 18.0 Å². The molecule has 0 aromatic carbocycles. The highest BCUT2D eigenvalue weighted by atomic mass is 16.2. The molecule has 16 heavy (non-hydrogen) atoms. The molecule has 1 aliphatic heterocycles. The van der Waals surface area contributed by atoms with E-state index in [4.69, 9.17) is 0 Å². The van der Waals surface area contributed by atoms with Crippen molar-refractivity contribution >= 4 is 5.91 Å². The molecule has 2 fully saturated rings. The van der Waals surface area contributed by atoms with Crippen LogP contribution in [0.2, 0.25) is 0 Å². The van der Waals surface area contributed by atoms with Gasteiger partial charge in [0.1, 0.15) is 0 Å². The van der Waals surface area contributed by atoms with Crippen LogP contribution in [0.3, 0.4) is 0 Å². The lowest BCUT2D eigenvalue weighted by Gasteiger charge is -2.24. The third-order valence-electron chi connectivity index (χ3n) is 4.14. The molecule has 3 heteroatoms. The van der Waals surface area contributed by atoms with Gasteiger partial charge in [-0.1, -0.05) is 13.3 Å². The SMILES string of the molecule is CC1CCCC1NC1CCN(C(C)C)C1=O. The van der Waals surface area contributed by atoms with E-state index in [1.165, 1.54) is 19.3 Å². The van der Waals surface area contributed by atoms with Gasteiger partial charge in [0.15, 0.2) is 0 Å². The van der Waals surface area contributed by atoms with Crippen LogP contribution in [-0.2, 0) is 4.79 Å². The Labute approximate surface area is 98.6 Å². The van der Waals surface area contributed by atoms with Crippen LogP contribution in [0.25, 0.3) is 0 Å². The Kier molecular flexibility index (Phi) is 3.53. The largest absolute Gasteiger partial charge is 0.339 e. The molecule has 0 radical (unpaired) electrons. The van der Waals surface area contributed by atoms with Crippen molar-refractivity contribution < 1.29 is 4.79 Å². The Morgan fingerprint density at radius 1 is 1.31 bits per heavy atom. The Bertz CT molecular complexity index is 265. The number of likely N-dealkylation sites (tertiary alicyclic amines) is 1. The molecular formula is C13H24N2O. The standard InChI is InChI=1S/C13H24N2O/c1-9(2)15-8-7-12(13(15)16)14-11-6-4-5-10(11)3/h9-12,14H,4-8H2,1-3H3. The van der Waals surface area contributed by atoms with Crippen LogP contribution in [0.1, 0.15) is 46.5 Å². The number of carbonyl (C=O) groups is 1. The first-order chi connectivity index (χ1) is 7.59. The molecule has 1 saturated carbocycles. The first-order valence-corrected chi connectivity index (χ1v) is 6.66. The van der Waals surface area contributed by atoms with Crippen molar-refractivity contribution in [1.82, 2.24) is 10.2 Å². The van der Waals surface area contributed by atoms with Crippen molar-refractivity contribution in [2.45, 2.75) is 64.6 Å². The van der Waals surface area contributed by atoms with Gasteiger partial charge in [-0.25, -0.2) is 0 Å². The highest BCUT2D eigenvalue weighted by Crippen LogP contribution is 2.26. The molecule has 0 spiro atoms. The molecule has 2 aliphatic rings. The topological polar surface area (TPSA) is 32.3 Å². The molecule has 3 nitrogen and oxygen atoms in total. The average Bonchev–Trinajstić information content (AvgIpc) is 2.76. The van der Waals surface area contributed by atoms with E-state index in [1.807, 2.05) is 4.90 Å². The van der Waals surface area contributed by atoms with E-state index in [2.05, 4.69) is 26.1 Å². The van der Waals surface area contributed by atoms with Gasteiger partial charge in [-0.3, -0.25) is 4.79 Å². The molecule has 1 aliphatic carbocycles. The van der Waals surface area contributed by atoms with Gasteiger partial charge in [-0.15, -0.1) is 0 Å². The Hall–Kier alpha value is -0.570. The van der Waals surface area contributed by atoms with Crippen LogP contribution in [-0.4, -0.2) is 35.5 Å². The normalized spacial score (nSPS) is 35.4. The molecule has 1 saturated heterocycles. The molecule has 92 valence electrons. The summed E-state index contributed by atoms with van der Waals surface area (Å²) in [5.74, 6) is 1.05. The fourth-order valence-corrected chi connectivity index (χ4v) is 3.02. The minimum atomic E-state index is 0.0907. The monoisotopic (exact) mass is 224 g/mol. The number of rotatable bonds is 3. The van der Waals surface area contributed by atoms with Gasteiger partial charge in [0.2, 0.25) is 5.91 Å². The first kappa shape index (κ1) is 11.9. The Balaban J connectivity index is 1.89. The second kappa shape index (κ2) is 4.74. The van der Waals surface area contributed by atoms with Gasteiger partial charge in [0.05, 0.1) is 6.04 Å². The molecule has 3 atom stereocenters. The predicted molar refractivity (Wildman–Crippen MR) is 65.2 cm³/mol. The van der Waals surface area contributed by atoms with Crippen molar-refractivity contribution in [2.24, 2.45) is 5.92 Å². The lowest BCUT2D eigenvalue weighted by Crippen LogP contribution is -2.45. The van der Waals surface area contributed by atoms with Gasteiger partial charge in [0.25, 0.3) is 0 Å². The molecule has 1 N–H and O–H groups in total. The molecule has 0 bridgehead atoms. The summed E-state index contributed by atoms with van der Waals surface area (Å²) in [6.07, 6.45) is 4.85. The highest BCUT2D eigenvalue weighted by Gasteiger charge is 2.35. The molecule has 0 aromatic rings. The van der Waals surface area contributed by atoms with Crippen molar-refractivity contribution in [2.75, 3.05) is 6.54 Å². The first-order valence-electron chi connectivity index (χ1n) is 6.66. The summed E-state index contributed by atoms with van der Waals surface area (Å²) in [5, 5.41) is 3.57. The zero-order valence-electron chi connectivity index (χ0n) is 10.7. The summed E-state index contributed by atoms with van der Waals surface area (Å²) < 4.78 is 0. The third-order valence-corrected chi connectivity index (χ3v) is 4.14. The second-order valence-corrected chi connectivity index (χ2v) is 5.65. The second-order valence-electron chi connectivity index (χ2n) is 5.65. The molecule has 0 aromatic heterocycles. The van der Waals surface area contributed by atoms with Crippen LogP contribution in [0.4, 0.5) is 0 Å². The van der Waals surface area contributed by atoms with Crippen molar-refractivity contribution in [3.63, 3.8) is 0 Å². The third kappa shape index (κ3) is 2.24. The smallest absolute Gasteiger partial charge is 0.240 e. The van der Waals surface area contributed by atoms with Gasteiger partial charge in [-0.2, -0.15) is 0 Å². The van der Waals surface area contributed by atoms with E-state index >= 15 is 0 Å². The summed E-state index contributed by atoms with van der Waals surface area (Å²) in [6, 6.07) is 1.01. The fourth-order valence-electron chi connectivity index (χ4n) is 3.02. The lowest BCUT2D eigenvalue weighted by molar-refractivity contribution is -0.131. The molecule has 1 heterocycles. The quantitative estimate of drug-likeness (QED) is 0.792. The van der Waals surface area contributed by atoms with Crippen LogP contribution in [0.15, 0.2) is 0 Å². The van der Waals surface area contributed by atoms with E-state index in [1.54, 1.807) is 0 Å². The van der Waals surface area contributed by atoms with E-state index in [0.717, 1.165) is 18.9 Å². The maximum absolute atomic E-state index is 12.1. The number of hydrogen-bond donors (Lipinski definition) is 1. The van der Waals surface area contributed by atoms with E-state index < -0.39 is 0 Å². The van der Waals surface area contributed by atoms with E-state index in [-0.39, 0.29) is 6.04 Å². The Morgan fingerprint density at radius 2 is 2.06 bits per heavy atom. The molecular weight excluding hydrogens is 200 g/mol. The van der Waals surface area contributed by atoms with Gasteiger partial charge < -0.3 is 10.2 Å². The number of nitrogens with one attached hydrogen (secondary N) is 1. The van der Waals surface area contributed by atoms with Crippen molar-refractivity contribution in [3.05, 3.63) is 0 Å². The van der Waals surface area contributed by atoms with Crippen LogP contribution in [0, 0.1) is 5.92 Å². The van der Waals surface area contributed by atoms with Crippen molar-refractivity contribution in [1.29, 1.82) is 0 Å². The van der Waals surface area contributed by atoms with Gasteiger partial charge in [-0.05, 0) is 39.0 Å². The van der Waals surface area contributed by atoms with Gasteiger partial charge in [0, 0.05) is 18.6 Å². The minimum Gasteiger partial charge on any atom is -0.339 e. The maximum Gasteiger partial charge on any atom is 0.240 e. The lowest BCUT2D eigenvalue weighted by atomic mass is 10.1. The Morgan fingerprint density at radius 3 is 2.56 bits per heavy atom. The predicted octanol–water partition coefficient (Wildman–Crippen LogP) is 1.77. The highest BCUT2D eigenvalue weighted by molar-refractivity contribution is 5.84. The summed E-state index contributed by atoms with van der Waals surface area (Å²) >= 11 is 0. The van der Waals surface area contributed by atoms with Crippen LogP contribution >= 0.6 is 0 Å². The zero-order chi connectivity index (χ0) is 11.7. The maximum atomic E-state index is 12.1. The summed E-state index contributed by atoms with van der Waals surface area (Å²) in [4.78, 5) is 14.1.